The zero-order valence-electron chi connectivity index (χ0n) is 13.6. The topological polar surface area (TPSA) is 56.3 Å². The monoisotopic (exact) mass is 318 g/mol. The van der Waals surface area contributed by atoms with E-state index in [-0.39, 0.29) is 0 Å². The van der Waals surface area contributed by atoms with Gasteiger partial charge in [-0.15, -0.1) is 0 Å². The molecular formula is C19H18N4O. The van der Waals surface area contributed by atoms with Crippen LogP contribution in [0, 0.1) is 11.3 Å². The second kappa shape index (κ2) is 5.99. The molecule has 5 heteroatoms. The number of hydrogen-bond acceptors (Lipinski definition) is 5. The van der Waals surface area contributed by atoms with Gasteiger partial charge in [0.25, 0.3) is 0 Å². The van der Waals surface area contributed by atoms with Crippen molar-refractivity contribution < 1.29 is 4.42 Å². The zero-order chi connectivity index (χ0) is 16.5. The van der Waals surface area contributed by atoms with Crippen molar-refractivity contribution in [2.75, 3.05) is 38.1 Å². The van der Waals surface area contributed by atoms with E-state index in [0.29, 0.717) is 17.5 Å². The first-order valence-corrected chi connectivity index (χ1v) is 8.09. The van der Waals surface area contributed by atoms with Crippen molar-refractivity contribution in [3.63, 3.8) is 0 Å². The molecule has 120 valence electrons. The highest BCUT2D eigenvalue weighted by molar-refractivity contribution is 5.94. The number of fused-ring (bicyclic) bond motifs is 1. The maximum atomic E-state index is 9.46. The van der Waals surface area contributed by atoms with Crippen molar-refractivity contribution in [2.24, 2.45) is 0 Å². The van der Waals surface area contributed by atoms with Gasteiger partial charge in [0.2, 0.25) is 17.5 Å². The Balaban J connectivity index is 1.78. The molecule has 0 N–H and O–H groups in total. The maximum absolute atomic E-state index is 9.46. The molecule has 0 bridgehead atoms. The molecule has 0 atom stereocenters. The molecule has 24 heavy (non-hydrogen) atoms. The van der Waals surface area contributed by atoms with Gasteiger partial charge in [0.05, 0.1) is 0 Å². The predicted molar refractivity (Wildman–Crippen MR) is 93.9 cm³/mol. The normalized spacial score (nSPS) is 15.6. The summed E-state index contributed by atoms with van der Waals surface area (Å²) >= 11 is 0. The summed E-state index contributed by atoms with van der Waals surface area (Å²) in [5.74, 6) is 1.10. The average Bonchev–Trinajstić information content (AvgIpc) is 3.06. The highest BCUT2D eigenvalue weighted by Crippen LogP contribution is 2.32. The van der Waals surface area contributed by atoms with Crippen LogP contribution >= 0.6 is 0 Å². The van der Waals surface area contributed by atoms with Gasteiger partial charge in [0.1, 0.15) is 6.07 Å². The number of likely N-dealkylation sites (N-methyl/N-ethyl adjacent to an activating group) is 1. The van der Waals surface area contributed by atoms with Crippen LogP contribution in [0.1, 0.15) is 5.69 Å². The Labute approximate surface area is 140 Å². The molecule has 0 unspecified atom stereocenters. The Morgan fingerprint density at radius 2 is 1.79 bits per heavy atom. The van der Waals surface area contributed by atoms with E-state index >= 15 is 0 Å². The molecule has 1 aliphatic heterocycles. The number of piperazine rings is 1. The molecule has 0 radical (unpaired) electrons. The van der Waals surface area contributed by atoms with E-state index < -0.39 is 0 Å². The minimum atomic E-state index is 0.363. The molecule has 1 aliphatic rings. The Morgan fingerprint density at radius 1 is 1.04 bits per heavy atom. The van der Waals surface area contributed by atoms with Crippen molar-refractivity contribution in [3.05, 3.63) is 48.2 Å². The van der Waals surface area contributed by atoms with Gasteiger partial charge in [-0.3, -0.25) is 0 Å². The standard InChI is InChI=1S/C19H18N4O/c1-22-9-11-23(12-10-22)19-17(13-20)21-18(24-19)16-8-4-6-14-5-2-3-7-15(14)16/h2-8H,9-12H2,1H3. The van der Waals surface area contributed by atoms with E-state index in [1.54, 1.807) is 0 Å². The quantitative estimate of drug-likeness (QED) is 0.726. The van der Waals surface area contributed by atoms with Gasteiger partial charge in [-0.2, -0.15) is 10.2 Å². The highest BCUT2D eigenvalue weighted by atomic mass is 16.4. The summed E-state index contributed by atoms with van der Waals surface area (Å²) in [4.78, 5) is 8.84. The number of aromatic nitrogens is 1. The Kier molecular flexibility index (Phi) is 3.68. The number of hydrogen-bond donors (Lipinski definition) is 0. The molecule has 1 aromatic heterocycles. The SMILES string of the molecule is CN1CCN(c2oc(-c3cccc4ccccc34)nc2C#N)CC1. The Bertz CT molecular complexity index is 911. The van der Waals surface area contributed by atoms with Crippen molar-refractivity contribution in [1.82, 2.24) is 9.88 Å². The molecule has 3 aromatic rings. The zero-order valence-corrected chi connectivity index (χ0v) is 13.6. The van der Waals surface area contributed by atoms with Crippen LogP contribution in [0.4, 0.5) is 5.88 Å². The van der Waals surface area contributed by atoms with E-state index in [4.69, 9.17) is 4.42 Å². The number of nitriles is 1. The summed E-state index contributed by atoms with van der Waals surface area (Å²) in [6.07, 6.45) is 0. The van der Waals surface area contributed by atoms with Crippen LogP contribution in [-0.4, -0.2) is 43.1 Å². The largest absolute Gasteiger partial charge is 0.419 e. The third kappa shape index (κ3) is 2.51. The van der Waals surface area contributed by atoms with E-state index in [1.165, 1.54) is 0 Å². The van der Waals surface area contributed by atoms with E-state index in [0.717, 1.165) is 42.5 Å². The van der Waals surface area contributed by atoms with Gasteiger partial charge in [0, 0.05) is 31.7 Å². The van der Waals surface area contributed by atoms with Gasteiger partial charge in [-0.25, -0.2) is 0 Å². The third-order valence-corrected chi connectivity index (χ3v) is 4.53. The number of benzene rings is 2. The molecule has 1 fully saturated rings. The Morgan fingerprint density at radius 3 is 2.58 bits per heavy atom. The summed E-state index contributed by atoms with van der Waals surface area (Å²) < 4.78 is 6.05. The fourth-order valence-electron chi connectivity index (χ4n) is 3.14. The van der Waals surface area contributed by atoms with Crippen LogP contribution in [0.15, 0.2) is 46.9 Å². The first-order chi connectivity index (χ1) is 11.8. The first kappa shape index (κ1) is 14.7. The lowest BCUT2D eigenvalue weighted by molar-refractivity contribution is 0.306. The second-order valence-electron chi connectivity index (χ2n) is 6.10. The number of rotatable bonds is 2. The lowest BCUT2D eigenvalue weighted by Gasteiger charge is -2.31. The molecule has 0 aliphatic carbocycles. The van der Waals surface area contributed by atoms with E-state index in [9.17, 15) is 5.26 Å². The van der Waals surface area contributed by atoms with Crippen molar-refractivity contribution in [1.29, 1.82) is 5.26 Å². The van der Waals surface area contributed by atoms with Crippen LogP contribution in [0.25, 0.3) is 22.2 Å². The summed E-state index contributed by atoms with van der Waals surface area (Å²) in [5, 5.41) is 11.7. The average molecular weight is 318 g/mol. The summed E-state index contributed by atoms with van der Waals surface area (Å²) in [6, 6.07) is 16.4. The molecule has 0 saturated carbocycles. The molecule has 5 nitrogen and oxygen atoms in total. The van der Waals surface area contributed by atoms with Gasteiger partial charge in [-0.05, 0) is 23.9 Å². The van der Waals surface area contributed by atoms with Crippen LogP contribution in [0.3, 0.4) is 0 Å². The second-order valence-corrected chi connectivity index (χ2v) is 6.10. The van der Waals surface area contributed by atoms with Crippen LogP contribution < -0.4 is 4.90 Å². The van der Waals surface area contributed by atoms with E-state index in [1.807, 2.05) is 24.3 Å². The number of nitrogens with zero attached hydrogens (tertiary/aromatic N) is 4. The third-order valence-electron chi connectivity index (χ3n) is 4.53. The van der Waals surface area contributed by atoms with Crippen molar-refractivity contribution in [3.8, 4) is 17.5 Å². The van der Waals surface area contributed by atoms with Crippen LogP contribution in [0.2, 0.25) is 0 Å². The molecule has 0 amide bonds. The number of anilines is 1. The summed E-state index contributed by atoms with van der Waals surface area (Å²) in [6.45, 7) is 3.59. The van der Waals surface area contributed by atoms with Crippen LogP contribution in [0.5, 0.6) is 0 Å². The number of oxazole rings is 1. The lowest BCUT2D eigenvalue weighted by atomic mass is 10.0. The fourth-order valence-corrected chi connectivity index (χ4v) is 3.14. The van der Waals surface area contributed by atoms with E-state index in [2.05, 4.69) is 46.1 Å². The smallest absolute Gasteiger partial charge is 0.235 e. The summed E-state index contributed by atoms with van der Waals surface area (Å²) in [5.41, 5.74) is 1.28. The fraction of sp³-hybridized carbons (Fsp3) is 0.263. The van der Waals surface area contributed by atoms with Gasteiger partial charge in [0.15, 0.2) is 0 Å². The van der Waals surface area contributed by atoms with Gasteiger partial charge >= 0.3 is 0 Å². The Hall–Kier alpha value is -2.84. The van der Waals surface area contributed by atoms with Crippen molar-refractivity contribution in [2.45, 2.75) is 0 Å². The lowest BCUT2D eigenvalue weighted by Crippen LogP contribution is -2.44. The van der Waals surface area contributed by atoms with Gasteiger partial charge < -0.3 is 14.2 Å². The summed E-state index contributed by atoms with van der Waals surface area (Å²) in [7, 11) is 2.10. The molecule has 4 rings (SSSR count). The first-order valence-electron chi connectivity index (χ1n) is 8.09. The maximum Gasteiger partial charge on any atom is 0.235 e. The highest BCUT2D eigenvalue weighted by Gasteiger charge is 2.23. The molecule has 2 aromatic carbocycles. The minimum Gasteiger partial charge on any atom is -0.419 e. The van der Waals surface area contributed by atoms with Crippen LogP contribution in [-0.2, 0) is 0 Å². The molecule has 1 saturated heterocycles. The molecule has 2 heterocycles. The minimum absolute atomic E-state index is 0.363. The van der Waals surface area contributed by atoms with Gasteiger partial charge in [-0.1, -0.05) is 36.4 Å². The predicted octanol–water partition coefficient (Wildman–Crippen LogP) is 3.12. The molecule has 0 spiro atoms. The van der Waals surface area contributed by atoms with Crippen molar-refractivity contribution >= 4 is 16.7 Å². The molecular weight excluding hydrogens is 300 g/mol.